The molecule has 0 saturated carbocycles. The van der Waals surface area contributed by atoms with Crippen molar-refractivity contribution in [2.24, 2.45) is 0 Å². The summed E-state index contributed by atoms with van der Waals surface area (Å²) in [5, 5.41) is 4.03. The van der Waals surface area contributed by atoms with E-state index in [1.54, 1.807) is 19.2 Å². The van der Waals surface area contributed by atoms with E-state index >= 15 is 0 Å². The molecule has 0 spiro atoms. The van der Waals surface area contributed by atoms with Gasteiger partial charge in [0, 0.05) is 17.9 Å². The predicted octanol–water partition coefficient (Wildman–Crippen LogP) is 2.87. The molecule has 1 unspecified atom stereocenters. The first-order valence-corrected chi connectivity index (χ1v) is 10.3. The molecule has 0 bridgehead atoms. The van der Waals surface area contributed by atoms with Crippen molar-refractivity contribution in [2.75, 3.05) is 20.0 Å². The van der Waals surface area contributed by atoms with Crippen LogP contribution in [0.2, 0.25) is 0 Å². The summed E-state index contributed by atoms with van der Waals surface area (Å²) in [6.45, 7) is 0.439. The SMILES string of the molecule is COc1ccc2c(c1)OCC(c1nc(-c3ccc(S(C)(=O)=O)cc3)no1)C2. The quantitative estimate of drug-likeness (QED) is 0.681. The lowest BCUT2D eigenvalue weighted by molar-refractivity contribution is 0.229. The Bertz CT molecular complexity index is 1070. The number of hydrogen-bond acceptors (Lipinski definition) is 7. The van der Waals surface area contributed by atoms with Gasteiger partial charge in [0.25, 0.3) is 0 Å². The van der Waals surface area contributed by atoms with Gasteiger partial charge in [-0.15, -0.1) is 0 Å². The fourth-order valence-corrected chi connectivity index (χ4v) is 3.64. The van der Waals surface area contributed by atoms with Crippen molar-refractivity contribution in [3.8, 4) is 22.9 Å². The highest BCUT2D eigenvalue weighted by Crippen LogP contribution is 2.34. The number of fused-ring (bicyclic) bond motifs is 1. The van der Waals surface area contributed by atoms with Gasteiger partial charge in [0.05, 0.1) is 17.9 Å². The van der Waals surface area contributed by atoms with Gasteiger partial charge in [0.15, 0.2) is 9.84 Å². The van der Waals surface area contributed by atoms with Crippen molar-refractivity contribution < 1.29 is 22.4 Å². The molecule has 0 radical (unpaired) electrons. The van der Waals surface area contributed by atoms with Crippen LogP contribution in [0.15, 0.2) is 51.9 Å². The summed E-state index contributed by atoms with van der Waals surface area (Å²) in [4.78, 5) is 4.72. The molecule has 2 aromatic carbocycles. The van der Waals surface area contributed by atoms with Crippen molar-refractivity contribution in [2.45, 2.75) is 17.2 Å². The number of sulfone groups is 1. The standard InChI is InChI=1S/C19H18N2O5S/c1-24-15-6-3-13-9-14(11-25-17(13)10-15)19-20-18(21-26-19)12-4-7-16(8-5-12)27(2,22)23/h3-8,10,14H,9,11H2,1-2H3. The lowest BCUT2D eigenvalue weighted by Gasteiger charge is -2.23. The van der Waals surface area contributed by atoms with Crippen molar-refractivity contribution in [3.63, 3.8) is 0 Å². The second-order valence-electron chi connectivity index (χ2n) is 6.44. The van der Waals surface area contributed by atoms with Crippen LogP contribution in [0, 0.1) is 0 Å². The van der Waals surface area contributed by atoms with Gasteiger partial charge in [-0.25, -0.2) is 8.42 Å². The first kappa shape index (κ1) is 17.5. The van der Waals surface area contributed by atoms with Crippen molar-refractivity contribution in [1.29, 1.82) is 0 Å². The zero-order valence-electron chi connectivity index (χ0n) is 14.9. The number of rotatable bonds is 4. The van der Waals surface area contributed by atoms with E-state index in [1.165, 1.54) is 18.4 Å². The van der Waals surface area contributed by atoms with E-state index < -0.39 is 9.84 Å². The molecule has 27 heavy (non-hydrogen) atoms. The number of methoxy groups -OCH3 is 1. The molecular weight excluding hydrogens is 368 g/mol. The highest BCUT2D eigenvalue weighted by Gasteiger charge is 2.27. The number of ether oxygens (including phenoxy) is 2. The Balaban J connectivity index is 1.54. The summed E-state index contributed by atoms with van der Waals surface area (Å²) < 4.78 is 39.6. The van der Waals surface area contributed by atoms with Crippen LogP contribution in [0.1, 0.15) is 17.4 Å². The Morgan fingerprint density at radius 1 is 1.15 bits per heavy atom. The number of benzene rings is 2. The molecule has 1 aliphatic heterocycles. The Morgan fingerprint density at radius 2 is 1.93 bits per heavy atom. The predicted molar refractivity (Wildman–Crippen MR) is 97.8 cm³/mol. The molecule has 4 rings (SSSR count). The summed E-state index contributed by atoms with van der Waals surface area (Å²) in [6, 6.07) is 12.2. The zero-order chi connectivity index (χ0) is 19.0. The van der Waals surface area contributed by atoms with E-state index in [4.69, 9.17) is 14.0 Å². The Kier molecular flexibility index (Phi) is 4.35. The van der Waals surface area contributed by atoms with Crippen molar-refractivity contribution >= 4 is 9.84 Å². The third-order valence-corrected chi connectivity index (χ3v) is 5.64. The fraction of sp³-hybridized carbons (Fsp3) is 0.263. The Labute approximate surface area is 156 Å². The molecule has 1 aromatic heterocycles. The van der Waals surface area contributed by atoms with Crippen LogP contribution in [0.3, 0.4) is 0 Å². The fourth-order valence-electron chi connectivity index (χ4n) is 3.01. The first-order valence-electron chi connectivity index (χ1n) is 8.38. The van der Waals surface area contributed by atoms with E-state index in [2.05, 4.69) is 10.1 Å². The average molecular weight is 386 g/mol. The normalized spacial score (nSPS) is 16.4. The van der Waals surface area contributed by atoms with Crippen LogP contribution in [-0.4, -0.2) is 38.5 Å². The highest BCUT2D eigenvalue weighted by atomic mass is 32.2. The minimum atomic E-state index is -3.24. The Hall–Kier alpha value is -2.87. The molecule has 3 aromatic rings. The molecule has 0 saturated heterocycles. The molecule has 7 nitrogen and oxygen atoms in total. The smallest absolute Gasteiger partial charge is 0.233 e. The number of aromatic nitrogens is 2. The lowest BCUT2D eigenvalue weighted by Crippen LogP contribution is -2.19. The summed E-state index contributed by atoms with van der Waals surface area (Å²) in [6.07, 6.45) is 1.90. The Morgan fingerprint density at radius 3 is 2.63 bits per heavy atom. The third-order valence-electron chi connectivity index (χ3n) is 4.51. The molecular formula is C19H18N2O5S. The summed E-state index contributed by atoms with van der Waals surface area (Å²) >= 11 is 0. The molecule has 0 amide bonds. The van der Waals surface area contributed by atoms with Crippen molar-refractivity contribution in [1.82, 2.24) is 10.1 Å². The monoisotopic (exact) mass is 386 g/mol. The van der Waals surface area contributed by atoms with Gasteiger partial charge < -0.3 is 14.0 Å². The van der Waals surface area contributed by atoms with E-state index in [0.29, 0.717) is 23.9 Å². The second kappa shape index (κ2) is 6.70. The van der Waals surface area contributed by atoms with Gasteiger partial charge in [-0.05, 0) is 42.3 Å². The third kappa shape index (κ3) is 3.52. The molecule has 1 atom stereocenters. The van der Waals surface area contributed by atoms with Gasteiger partial charge in [-0.1, -0.05) is 11.2 Å². The van der Waals surface area contributed by atoms with Gasteiger partial charge >= 0.3 is 0 Å². The summed E-state index contributed by atoms with van der Waals surface area (Å²) in [7, 11) is -1.62. The van der Waals surface area contributed by atoms with Crippen LogP contribution in [0.4, 0.5) is 0 Å². The maximum Gasteiger partial charge on any atom is 0.233 e. The highest BCUT2D eigenvalue weighted by molar-refractivity contribution is 7.90. The van der Waals surface area contributed by atoms with Gasteiger partial charge in [0.2, 0.25) is 11.7 Å². The van der Waals surface area contributed by atoms with E-state index in [9.17, 15) is 8.42 Å². The van der Waals surface area contributed by atoms with Crippen LogP contribution in [-0.2, 0) is 16.3 Å². The number of nitrogens with zero attached hydrogens (tertiary/aromatic N) is 2. The average Bonchev–Trinajstić information content (AvgIpc) is 3.17. The molecule has 1 aliphatic rings. The first-order chi connectivity index (χ1) is 12.9. The summed E-state index contributed by atoms with van der Waals surface area (Å²) in [5.41, 5.74) is 1.75. The van der Waals surface area contributed by atoms with Crippen molar-refractivity contribution in [3.05, 3.63) is 53.9 Å². The van der Waals surface area contributed by atoms with Crippen LogP contribution in [0.5, 0.6) is 11.5 Å². The maximum absolute atomic E-state index is 11.6. The number of hydrogen-bond donors (Lipinski definition) is 0. The van der Waals surface area contributed by atoms with Gasteiger partial charge in [0.1, 0.15) is 18.1 Å². The molecule has 0 fully saturated rings. The van der Waals surface area contributed by atoms with Gasteiger partial charge in [-0.2, -0.15) is 4.98 Å². The molecule has 140 valence electrons. The summed E-state index contributed by atoms with van der Waals surface area (Å²) in [5.74, 6) is 2.44. The largest absolute Gasteiger partial charge is 0.497 e. The van der Waals surface area contributed by atoms with Crippen LogP contribution < -0.4 is 9.47 Å². The minimum Gasteiger partial charge on any atom is -0.497 e. The maximum atomic E-state index is 11.6. The van der Waals surface area contributed by atoms with E-state index in [1.807, 2.05) is 18.2 Å². The molecule has 2 heterocycles. The molecule has 0 N–H and O–H groups in total. The van der Waals surface area contributed by atoms with E-state index in [0.717, 1.165) is 23.5 Å². The molecule has 8 heteroatoms. The molecule has 0 aliphatic carbocycles. The van der Waals surface area contributed by atoms with E-state index in [-0.39, 0.29) is 10.8 Å². The lowest BCUT2D eigenvalue weighted by atomic mass is 9.96. The minimum absolute atomic E-state index is 0.0394. The zero-order valence-corrected chi connectivity index (χ0v) is 15.7. The van der Waals surface area contributed by atoms with Crippen LogP contribution in [0.25, 0.3) is 11.4 Å². The van der Waals surface area contributed by atoms with Crippen LogP contribution >= 0.6 is 0 Å². The topological polar surface area (TPSA) is 91.5 Å². The second-order valence-corrected chi connectivity index (χ2v) is 8.45. The van der Waals surface area contributed by atoms with Gasteiger partial charge in [-0.3, -0.25) is 0 Å².